The predicted octanol–water partition coefficient (Wildman–Crippen LogP) is 1.96. The van der Waals surface area contributed by atoms with Gasteiger partial charge >= 0.3 is 5.69 Å². The minimum Gasteiger partial charge on any atom is -0.309 e. The first-order valence-electron chi connectivity index (χ1n) is 4.33. The lowest BCUT2D eigenvalue weighted by Gasteiger charge is -1.98. The molecule has 0 bridgehead atoms. The molecule has 0 amide bonds. The Bertz CT molecular complexity index is 480. The minimum absolute atomic E-state index is 0.0664. The van der Waals surface area contributed by atoms with Gasteiger partial charge in [-0.15, -0.1) is 0 Å². The number of nitrogens with one attached hydrogen (secondary N) is 1. The zero-order chi connectivity index (χ0) is 12.1. The highest BCUT2D eigenvalue weighted by Crippen LogP contribution is 2.25. The van der Waals surface area contributed by atoms with Crippen LogP contribution in [0.2, 0.25) is 5.02 Å². The Labute approximate surface area is 96.6 Å². The normalized spacial score (nSPS) is 9.44. The van der Waals surface area contributed by atoms with Crippen molar-refractivity contribution >= 4 is 17.3 Å². The fourth-order valence-electron chi connectivity index (χ4n) is 1.000. The second kappa shape index (κ2) is 5.45. The van der Waals surface area contributed by atoms with E-state index < -0.39 is 16.4 Å². The number of nitro benzene ring substituents is 1. The number of hydrogen-bond acceptors (Lipinski definition) is 3. The predicted molar refractivity (Wildman–Crippen MR) is 58.9 cm³/mol. The van der Waals surface area contributed by atoms with Crippen LogP contribution in [0.25, 0.3) is 0 Å². The van der Waals surface area contributed by atoms with Gasteiger partial charge in [0.2, 0.25) is 5.82 Å². The minimum atomic E-state index is -0.942. The lowest BCUT2D eigenvalue weighted by atomic mass is 10.2. The molecule has 84 valence electrons. The molecule has 1 rings (SSSR count). The summed E-state index contributed by atoms with van der Waals surface area (Å²) < 4.78 is 13.2. The van der Waals surface area contributed by atoms with Crippen molar-refractivity contribution in [1.29, 1.82) is 0 Å². The highest BCUT2D eigenvalue weighted by atomic mass is 35.5. The SMILES string of the molecule is CNCC#Cc1cc(F)c([N+](=O)[O-])cc1Cl. The van der Waals surface area contributed by atoms with Gasteiger partial charge in [-0.25, -0.2) is 0 Å². The quantitative estimate of drug-likeness (QED) is 0.490. The Kier molecular flexibility index (Phi) is 4.23. The molecule has 0 fully saturated rings. The van der Waals surface area contributed by atoms with Gasteiger partial charge in [0, 0.05) is 11.6 Å². The van der Waals surface area contributed by atoms with Crippen molar-refractivity contribution in [2.75, 3.05) is 13.6 Å². The summed E-state index contributed by atoms with van der Waals surface area (Å²) >= 11 is 5.73. The summed E-state index contributed by atoms with van der Waals surface area (Å²) in [5, 5.41) is 13.3. The molecule has 16 heavy (non-hydrogen) atoms. The Morgan fingerprint density at radius 1 is 1.62 bits per heavy atom. The molecule has 1 aromatic rings. The highest BCUT2D eigenvalue weighted by molar-refractivity contribution is 6.32. The first kappa shape index (κ1) is 12.4. The molecule has 0 aliphatic carbocycles. The molecule has 4 nitrogen and oxygen atoms in total. The highest BCUT2D eigenvalue weighted by Gasteiger charge is 2.16. The second-order valence-corrected chi connectivity index (χ2v) is 3.28. The Hall–Kier alpha value is -1.64. The van der Waals surface area contributed by atoms with Crippen LogP contribution < -0.4 is 5.32 Å². The van der Waals surface area contributed by atoms with E-state index in [-0.39, 0.29) is 10.6 Å². The van der Waals surface area contributed by atoms with E-state index in [0.29, 0.717) is 6.54 Å². The third-order valence-corrected chi connectivity index (χ3v) is 2.03. The Morgan fingerprint density at radius 2 is 2.31 bits per heavy atom. The number of nitrogens with zero attached hydrogens (tertiary/aromatic N) is 1. The fraction of sp³-hybridized carbons (Fsp3) is 0.200. The zero-order valence-electron chi connectivity index (χ0n) is 8.38. The summed E-state index contributed by atoms with van der Waals surface area (Å²) in [6, 6.07) is 1.92. The maximum Gasteiger partial charge on any atom is 0.306 e. The molecule has 0 unspecified atom stereocenters. The third kappa shape index (κ3) is 2.92. The van der Waals surface area contributed by atoms with Crippen molar-refractivity contribution < 1.29 is 9.31 Å². The van der Waals surface area contributed by atoms with Gasteiger partial charge in [-0.3, -0.25) is 10.1 Å². The van der Waals surface area contributed by atoms with E-state index in [1.807, 2.05) is 0 Å². The van der Waals surface area contributed by atoms with Crippen LogP contribution in [0.15, 0.2) is 12.1 Å². The van der Waals surface area contributed by atoms with Crippen LogP contribution in [0.3, 0.4) is 0 Å². The summed E-state index contributed by atoms with van der Waals surface area (Å²) in [5.74, 6) is 4.36. The molecule has 1 aromatic carbocycles. The molecular weight excluding hydrogens is 235 g/mol. The maximum atomic E-state index is 13.2. The number of benzene rings is 1. The lowest BCUT2D eigenvalue weighted by Crippen LogP contribution is -2.04. The van der Waals surface area contributed by atoms with Crippen LogP contribution in [0.4, 0.5) is 10.1 Å². The van der Waals surface area contributed by atoms with Crippen molar-refractivity contribution in [3.05, 3.63) is 38.7 Å². The van der Waals surface area contributed by atoms with Gasteiger partial charge < -0.3 is 5.32 Å². The van der Waals surface area contributed by atoms with Gasteiger partial charge in [0.25, 0.3) is 0 Å². The topological polar surface area (TPSA) is 55.2 Å². The molecule has 0 heterocycles. The molecule has 0 atom stereocenters. The standard InChI is InChI=1S/C10H8ClFN2O2/c1-13-4-2-3-7-5-9(12)10(14(15)16)6-8(7)11/h5-6,13H,4H2,1H3. The average molecular weight is 243 g/mol. The Balaban J connectivity index is 3.12. The number of halogens is 2. The van der Waals surface area contributed by atoms with Crippen molar-refractivity contribution in [3.8, 4) is 11.8 Å². The van der Waals surface area contributed by atoms with Crippen LogP contribution in [-0.2, 0) is 0 Å². The van der Waals surface area contributed by atoms with Gasteiger partial charge in [-0.1, -0.05) is 23.4 Å². The van der Waals surface area contributed by atoms with Gasteiger partial charge in [0.05, 0.1) is 16.5 Å². The molecule has 0 aromatic heterocycles. The van der Waals surface area contributed by atoms with Crippen molar-refractivity contribution in [3.63, 3.8) is 0 Å². The first-order chi connectivity index (χ1) is 7.56. The van der Waals surface area contributed by atoms with Crippen LogP contribution in [0.5, 0.6) is 0 Å². The van der Waals surface area contributed by atoms with E-state index in [1.54, 1.807) is 7.05 Å². The van der Waals surface area contributed by atoms with E-state index in [4.69, 9.17) is 11.6 Å². The largest absolute Gasteiger partial charge is 0.309 e. The van der Waals surface area contributed by atoms with Crippen molar-refractivity contribution in [2.24, 2.45) is 0 Å². The van der Waals surface area contributed by atoms with Gasteiger partial charge in [-0.2, -0.15) is 4.39 Å². The molecule has 1 N–H and O–H groups in total. The van der Waals surface area contributed by atoms with E-state index in [9.17, 15) is 14.5 Å². The smallest absolute Gasteiger partial charge is 0.306 e. The summed E-state index contributed by atoms with van der Waals surface area (Å²) in [7, 11) is 1.71. The molecule has 0 aliphatic heterocycles. The van der Waals surface area contributed by atoms with E-state index in [2.05, 4.69) is 17.2 Å². The molecule has 0 spiro atoms. The second-order valence-electron chi connectivity index (χ2n) is 2.87. The average Bonchev–Trinajstić information content (AvgIpc) is 2.22. The first-order valence-corrected chi connectivity index (χ1v) is 4.71. The maximum absolute atomic E-state index is 13.2. The van der Waals surface area contributed by atoms with Crippen LogP contribution in [0, 0.1) is 27.8 Å². The van der Waals surface area contributed by atoms with Crippen LogP contribution in [-0.4, -0.2) is 18.5 Å². The summed E-state index contributed by atoms with van der Waals surface area (Å²) in [4.78, 5) is 9.58. The number of nitro groups is 1. The van der Waals surface area contributed by atoms with E-state index >= 15 is 0 Å². The lowest BCUT2D eigenvalue weighted by molar-refractivity contribution is -0.387. The molecule has 0 aliphatic rings. The molecule has 6 heteroatoms. The van der Waals surface area contributed by atoms with Crippen molar-refractivity contribution in [2.45, 2.75) is 0 Å². The van der Waals surface area contributed by atoms with Gasteiger partial charge in [0.1, 0.15) is 0 Å². The zero-order valence-corrected chi connectivity index (χ0v) is 9.14. The summed E-state index contributed by atoms with van der Waals surface area (Å²) in [6.07, 6.45) is 0. The molecular formula is C10H8ClFN2O2. The molecule has 0 radical (unpaired) electrons. The van der Waals surface area contributed by atoms with Crippen LogP contribution >= 0.6 is 11.6 Å². The van der Waals surface area contributed by atoms with Gasteiger partial charge in [-0.05, 0) is 13.1 Å². The molecule has 0 saturated heterocycles. The van der Waals surface area contributed by atoms with Crippen LogP contribution in [0.1, 0.15) is 5.56 Å². The van der Waals surface area contributed by atoms with E-state index in [1.165, 1.54) is 0 Å². The third-order valence-electron chi connectivity index (χ3n) is 1.72. The summed E-state index contributed by atoms with van der Waals surface area (Å²) in [6.45, 7) is 0.426. The van der Waals surface area contributed by atoms with E-state index in [0.717, 1.165) is 12.1 Å². The number of rotatable bonds is 2. The summed E-state index contributed by atoms with van der Waals surface area (Å²) in [5.41, 5.74) is -0.413. The Morgan fingerprint density at radius 3 is 2.88 bits per heavy atom. The fourth-order valence-corrected chi connectivity index (χ4v) is 1.20. The monoisotopic (exact) mass is 242 g/mol. The van der Waals surface area contributed by atoms with Crippen molar-refractivity contribution in [1.82, 2.24) is 5.32 Å². The molecule has 0 saturated carbocycles. The van der Waals surface area contributed by atoms with Gasteiger partial charge in [0.15, 0.2) is 0 Å². The number of hydrogen-bond donors (Lipinski definition) is 1.